The van der Waals surface area contributed by atoms with Crippen molar-refractivity contribution in [2.24, 2.45) is 0 Å². The summed E-state index contributed by atoms with van der Waals surface area (Å²) in [5, 5.41) is 3.39. The van der Waals surface area contributed by atoms with E-state index in [0.29, 0.717) is 6.04 Å². The number of nitrogens with one attached hydrogen (secondary N) is 1. The molecule has 1 N–H and O–H groups in total. The Morgan fingerprint density at radius 2 is 2.10 bits per heavy atom. The van der Waals surface area contributed by atoms with E-state index in [0.717, 1.165) is 31.6 Å². The van der Waals surface area contributed by atoms with Crippen LogP contribution in [0, 0.1) is 0 Å². The zero-order valence-electron chi connectivity index (χ0n) is 11.8. The molecule has 0 amide bonds. The van der Waals surface area contributed by atoms with Crippen molar-refractivity contribution in [2.45, 2.75) is 25.3 Å². The van der Waals surface area contributed by atoms with E-state index in [4.69, 9.17) is 4.74 Å². The van der Waals surface area contributed by atoms with Gasteiger partial charge in [0.15, 0.2) is 0 Å². The second-order valence-electron chi connectivity index (χ2n) is 5.20. The molecular formula is C17H20N2O. The van der Waals surface area contributed by atoms with Crippen molar-refractivity contribution >= 4 is 0 Å². The number of fused-ring (bicyclic) bond motifs is 1. The predicted octanol–water partition coefficient (Wildman–Crippen LogP) is 2.91. The molecule has 2 aromatic rings. The molecule has 3 nitrogen and oxygen atoms in total. The SMILES string of the molecule is CNC(CCc1ccc2c(c1)CCO2)c1ccncc1. The second kappa shape index (κ2) is 6.06. The first kappa shape index (κ1) is 13.1. The molecule has 0 aliphatic carbocycles. The van der Waals surface area contributed by atoms with E-state index in [1.165, 1.54) is 16.7 Å². The molecule has 1 aliphatic rings. The van der Waals surface area contributed by atoms with E-state index in [2.05, 4.69) is 40.6 Å². The van der Waals surface area contributed by atoms with Gasteiger partial charge < -0.3 is 10.1 Å². The van der Waals surface area contributed by atoms with Gasteiger partial charge in [-0.3, -0.25) is 4.98 Å². The number of aromatic nitrogens is 1. The van der Waals surface area contributed by atoms with Crippen LogP contribution in [-0.4, -0.2) is 18.6 Å². The van der Waals surface area contributed by atoms with Gasteiger partial charge in [-0.1, -0.05) is 12.1 Å². The Kier molecular flexibility index (Phi) is 3.97. The predicted molar refractivity (Wildman–Crippen MR) is 80.0 cm³/mol. The van der Waals surface area contributed by atoms with Gasteiger partial charge in [-0.15, -0.1) is 0 Å². The van der Waals surface area contributed by atoms with Crippen LogP contribution < -0.4 is 10.1 Å². The van der Waals surface area contributed by atoms with Gasteiger partial charge in [0.25, 0.3) is 0 Å². The zero-order valence-corrected chi connectivity index (χ0v) is 11.8. The fraction of sp³-hybridized carbons (Fsp3) is 0.353. The lowest BCUT2D eigenvalue weighted by atomic mass is 9.98. The van der Waals surface area contributed by atoms with Gasteiger partial charge in [0.1, 0.15) is 5.75 Å². The van der Waals surface area contributed by atoms with E-state index in [1.807, 2.05) is 19.4 Å². The van der Waals surface area contributed by atoms with Crippen molar-refractivity contribution in [3.8, 4) is 5.75 Å². The second-order valence-corrected chi connectivity index (χ2v) is 5.20. The third-order valence-corrected chi connectivity index (χ3v) is 3.93. The van der Waals surface area contributed by atoms with Crippen LogP contribution in [0.5, 0.6) is 5.75 Å². The van der Waals surface area contributed by atoms with Gasteiger partial charge >= 0.3 is 0 Å². The van der Waals surface area contributed by atoms with Crippen molar-refractivity contribution in [1.82, 2.24) is 10.3 Å². The molecule has 0 bridgehead atoms. The smallest absolute Gasteiger partial charge is 0.122 e. The van der Waals surface area contributed by atoms with Gasteiger partial charge in [-0.2, -0.15) is 0 Å². The lowest BCUT2D eigenvalue weighted by Gasteiger charge is -2.16. The maximum Gasteiger partial charge on any atom is 0.122 e. The Labute approximate surface area is 120 Å². The van der Waals surface area contributed by atoms with Crippen LogP contribution in [0.4, 0.5) is 0 Å². The highest BCUT2D eigenvalue weighted by Crippen LogP contribution is 2.27. The highest BCUT2D eigenvalue weighted by Gasteiger charge is 2.13. The minimum Gasteiger partial charge on any atom is -0.493 e. The van der Waals surface area contributed by atoms with Gasteiger partial charge in [0.05, 0.1) is 6.61 Å². The zero-order chi connectivity index (χ0) is 13.8. The van der Waals surface area contributed by atoms with Gasteiger partial charge in [-0.05, 0) is 54.8 Å². The molecule has 1 unspecified atom stereocenters. The summed E-state index contributed by atoms with van der Waals surface area (Å²) in [5.41, 5.74) is 4.04. The molecule has 1 atom stereocenters. The Balaban J connectivity index is 1.66. The number of pyridine rings is 1. The molecule has 1 aromatic heterocycles. The third kappa shape index (κ3) is 2.83. The molecule has 3 rings (SSSR count). The standard InChI is InChI=1S/C17H20N2O/c1-18-16(14-6-9-19-10-7-14)4-2-13-3-5-17-15(12-13)8-11-20-17/h3,5-7,9-10,12,16,18H,2,4,8,11H2,1H3. The van der Waals surface area contributed by atoms with E-state index in [-0.39, 0.29) is 0 Å². The molecule has 0 fully saturated rings. The van der Waals surface area contributed by atoms with Crippen molar-refractivity contribution in [2.75, 3.05) is 13.7 Å². The number of hydrogen-bond acceptors (Lipinski definition) is 3. The molecule has 3 heteroatoms. The van der Waals surface area contributed by atoms with Crippen LogP contribution in [-0.2, 0) is 12.8 Å². The first-order valence-corrected chi connectivity index (χ1v) is 7.18. The topological polar surface area (TPSA) is 34.1 Å². The van der Waals surface area contributed by atoms with Crippen LogP contribution in [0.2, 0.25) is 0 Å². The number of nitrogens with zero attached hydrogens (tertiary/aromatic N) is 1. The molecule has 20 heavy (non-hydrogen) atoms. The number of ether oxygens (including phenoxy) is 1. The Morgan fingerprint density at radius 3 is 2.90 bits per heavy atom. The van der Waals surface area contributed by atoms with Crippen molar-refractivity contribution < 1.29 is 4.74 Å². The first-order chi connectivity index (χ1) is 9.86. The summed E-state index contributed by atoms with van der Waals surface area (Å²) >= 11 is 0. The maximum atomic E-state index is 5.55. The summed E-state index contributed by atoms with van der Waals surface area (Å²) in [6.07, 6.45) is 6.91. The van der Waals surface area contributed by atoms with E-state index >= 15 is 0 Å². The highest BCUT2D eigenvalue weighted by atomic mass is 16.5. The Bertz CT molecular complexity index is 568. The van der Waals surface area contributed by atoms with Crippen LogP contribution in [0.15, 0.2) is 42.7 Å². The molecule has 1 aromatic carbocycles. The summed E-state index contributed by atoms with van der Waals surface area (Å²) in [5.74, 6) is 1.06. The molecule has 0 radical (unpaired) electrons. The Hall–Kier alpha value is -1.87. The fourth-order valence-corrected chi connectivity index (χ4v) is 2.78. The molecule has 0 spiro atoms. The maximum absolute atomic E-state index is 5.55. The van der Waals surface area contributed by atoms with Crippen LogP contribution in [0.1, 0.15) is 29.2 Å². The normalized spacial score (nSPS) is 14.7. The van der Waals surface area contributed by atoms with Gasteiger partial charge in [0.2, 0.25) is 0 Å². The van der Waals surface area contributed by atoms with Crippen LogP contribution >= 0.6 is 0 Å². The fourth-order valence-electron chi connectivity index (χ4n) is 2.78. The van der Waals surface area contributed by atoms with E-state index in [9.17, 15) is 0 Å². The first-order valence-electron chi connectivity index (χ1n) is 7.18. The quantitative estimate of drug-likeness (QED) is 0.905. The molecule has 104 valence electrons. The number of hydrogen-bond donors (Lipinski definition) is 1. The average Bonchev–Trinajstić information content (AvgIpc) is 2.96. The summed E-state index contributed by atoms with van der Waals surface area (Å²) in [7, 11) is 2.02. The van der Waals surface area contributed by atoms with Gasteiger partial charge in [-0.25, -0.2) is 0 Å². The van der Waals surface area contributed by atoms with Crippen molar-refractivity contribution in [3.63, 3.8) is 0 Å². The molecule has 2 heterocycles. The van der Waals surface area contributed by atoms with Crippen LogP contribution in [0.3, 0.4) is 0 Å². The highest BCUT2D eigenvalue weighted by molar-refractivity contribution is 5.39. The molecule has 0 saturated carbocycles. The number of rotatable bonds is 5. The number of aryl methyl sites for hydroxylation is 1. The largest absolute Gasteiger partial charge is 0.493 e. The summed E-state index contributed by atoms with van der Waals surface area (Å²) in [6.45, 7) is 0.828. The molecule has 1 aliphatic heterocycles. The Morgan fingerprint density at radius 1 is 1.25 bits per heavy atom. The van der Waals surface area contributed by atoms with Crippen LogP contribution in [0.25, 0.3) is 0 Å². The third-order valence-electron chi connectivity index (χ3n) is 3.93. The lowest BCUT2D eigenvalue weighted by molar-refractivity contribution is 0.357. The van der Waals surface area contributed by atoms with Crippen molar-refractivity contribution in [3.05, 3.63) is 59.4 Å². The number of benzene rings is 1. The lowest BCUT2D eigenvalue weighted by Crippen LogP contribution is -2.17. The minimum atomic E-state index is 0.377. The minimum absolute atomic E-state index is 0.377. The molecule has 0 saturated heterocycles. The van der Waals surface area contributed by atoms with Gasteiger partial charge in [0, 0.05) is 24.9 Å². The molecular weight excluding hydrogens is 248 g/mol. The summed E-state index contributed by atoms with van der Waals surface area (Å²) in [6, 6.07) is 11.1. The van der Waals surface area contributed by atoms with E-state index in [1.54, 1.807) is 0 Å². The van der Waals surface area contributed by atoms with Crippen molar-refractivity contribution in [1.29, 1.82) is 0 Å². The monoisotopic (exact) mass is 268 g/mol. The summed E-state index contributed by atoms with van der Waals surface area (Å²) in [4.78, 5) is 4.08. The summed E-state index contributed by atoms with van der Waals surface area (Å²) < 4.78 is 5.55. The average molecular weight is 268 g/mol. The van der Waals surface area contributed by atoms with E-state index < -0.39 is 0 Å².